The van der Waals surface area contributed by atoms with Gasteiger partial charge in [0, 0.05) is 0 Å². The molecule has 0 fully saturated rings. The summed E-state index contributed by atoms with van der Waals surface area (Å²) in [5.41, 5.74) is 0. The van der Waals surface area contributed by atoms with Crippen molar-refractivity contribution in [3.05, 3.63) is 30.3 Å². The third-order valence-electron chi connectivity index (χ3n) is 2.54. The second-order valence-electron chi connectivity index (χ2n) is 4.07. The van der Waals surface area contributed by atoms with E-state index in [1.807, 2.05) is 0 Å². The van der Waals surface area contributed by atoms with Gasteiger partial charge >= 0.3 is 111 Å². The standard InChI is InChI=1S/C14H21ClSe/c1-2-3-4-6-9-13(15)12-16-14-10-7-5-8-11-14/h5,7-8,10-11,13H,2-4,6,9,12H2,1H3. The zero-order chi connectivity index (χ0) is 11.6. The van der Waals surface area contributed by atoms with E-state index in [0.29, 0.717) is 20.3 Å². The molecule has 16 heavy (non-hydrogen) atoms. The summed E-state index contributed by atoms with van der Waals surface area (Å²) in [6.45, 7) is 2.25. The number of hydrogen-bond donors (Lipinski definition) is 0. The van der Waals surface area contributed by atoms with Gasteiger partial charge in [-0.3, -0.25) is 0 Å². The van der Waals surface area contributed by atoms with Crippen molar-refractivity contribution in [3.8, 4) is 0 Å². The summed E-state index contributed by atoms with van der Waals surface area (Å²) in [4.78, 5) is 0. The minimum absolute atomic E-state index is 0.386. The summed E-state index contributed by atoms with van der Waals surface area (Å²) >= 11 is 6.88. The van der Waals surface area contributed by atoms with Crippen LogP contribution in [0.3, 0.4) is 0 Å². The predicted octanol–water partition coefficient (Wildman–Crippen LogP) is 4.01. The topological polar surface area (TPSA) is 0 Å². The molecule has 0 amide bonds. The number of hydrogen-bond acceptors (Lipinski definition) is 0. The number of unbranched alkanes of at least 4 members (excludes halogenated alkanes) is 3. The molecule has 0 aliphatic heterocycles. The molecule has 1 rings (SSSR count). The van der Waals surface area contributed by atoms with Crippen LogP contribution in [0.4, 0.5) is 0 Å². The van der Waals surface area contributed by atoms with Crippen molar-refractivity contribution in [2.24, 2.45) is 0 Å². The molecular weight excluding hydrogens is 283 g/mol. The minimum atomic E-state index is 0.386. The van der Waals surface area contributed by atoms with Gasteiger partial charge in [-0.05, 0) is 0 Å². The Labute approximate surface area is 111 Å². The molecule has 0 saturated carbocycles. The van der Waals surface area contributed by atoms with Crippen LogP contribution >= 0.6 is 11.6 Å². The van der Waals surface area contributed by atoms with Gasteiger partial charge in [0.15, 0.2) is 0 Å². The summed E-state index contributed by atoms with van der Waals surface area (Å²) in [5, 5.41) is 1.56. The van der Waals surface area contributed by atoms with Gasteiger partial charge < -0.3 is 0 Å². The van der Waals surface area contributed by atoms with Crippen LogP contribution < -0.4 is 4.46 Å². The monoisotopic (exact) mass is 304 g/mol. The molecule has 90 valence electrons. The summed E-state index contributed by atoms with van der Waals surface area (Å²) in [6.07, 6.45) is 6.50. The van der Waals surface area contributed by atoms with E-state index in [9.17, 15) is 0 Å². The Hall–Kier alpha value is 0.0295. The van der Waals surface area contributed by atoms with E-state index in [-0.39, 0.29) is 0 Å². The molecule has 0 N–H and O–H groups in total. The second-order valence-corrected chi connectivity index (χ2v) is 6.98. The molecule has 0 spiro atoms. The third-order valence-corrected chi connectivity index (χ3v) is 5.80. The van der Waals surface area contributed by atoms with Gasteiger partial charge in [0.05, 0.1) is 0 Å². The van der Waals surface area contributed by atoms with Crippen LogP contribution in [0, 0.1) is 0 Å². The van der Waals surface area contributed by atoms with E-state index in [4.69, 9.17) is 11.6 Å². The van der Waals surface area contributed by atoms with E-state index in [1.54, 1.807) is 0 Å². The Kier molecular flexibility index (Phi) is 8.02. The Morgan fingerprint density at radius 2 is 1.88 bits per heavy atom. The quantitative estimate of drug-likeness (QED) is 0.387. The van der Waals surface area contributed by atoms with E-state index in [1.165, 1.54) is 41.9 Å². The molecule has 0 saturated heterocycles. The SMILES string of the molecule is CCCCCCC(Cl)C[Se]c1ccccc1. The van der Waals surface area contributed by atoms with Crippen LogP contribution in [-0.4, -0.2) is 20.3 Å². The summed E-state index contributed by atoms with van der Waals surface area (Å²) in [7, 11) is 0. The summed E-state index contributed by atoms with van der Waals surface area (Å²) in [6, 6.07) is 10.7. The van der Waals surface area contributed by atoms with Crippen LogP contribution in [0.5, 0.6) is 0 Å². The predicted molar refractivity (Wildman–Crippen MR) is 75.0 cm³/mol. The zero-order valence-corrected chi connectivity index (χ0v) is 12.5. The molecule has 0 heterocycles. The van der Waals surface area contributed by atoms with Gasteiger partial charge in [0.2, 0.25) is 0 Å². The van der Waals surface area contributed by atoms with E-state index >= 15 is 0 Å². The molecule has 0 bridgehead atoms. The molecule has 1 aromatic rings. The maximum absolute atomic E-state index is 6.33. The van der Waals surface area contributed by atoms with E-state index in [2.05, 4.69) is 37.3 Å². The van der Waals surface area contributed by atoms with Gasteiger partial charge in [-0.25, -0.2) is 0 Å². The third kappa shape index (κ3) is 6.58. The summed E-state index contributed by atoms with van der Waals surface area (Å²) < 4.78 is 1.47. The van der Waals surface area contributed by atoms with Crippen molar-refractivity contribution in [3.63, 3.8) is 0 Å². The second kappa shape index (κ2) is 9.10. The maximum atomic E-state index is 6.33. The molecule has 1 aromatic carbocycles. The van der Waals surface area contributed by atoms with Crippen LogP contribution in [0.25, 0.3) is 0 Å². The van der Waals surface area contributed by atoms with Crippen LogP contribution in [0.2, 0.25) is 5.32 Å². The summed E-state index contributed by atoms with van der Waals surface area (Å²) in [5.74, 6) is 0. The number of halogens is 1. The average Bonchev–Trinajstić information content (AvgIpc) is 2.33. The first-order chi connectivity index (χ1) is 7.83. The Balaban J connectivity index is 2.08. The zero-order valence-electron chi connectivity index (χ0n) is 9.99. The van der Waals surface area contributed by atoms with Crippen molar-refractivity contribution in [2.75, 3.05) is 0 Å². The number of alkyl halides is 1. The Morgan fingerprint density at radius 3 is 2.56 bits per heavy atom. The van der Waals surface area contributed by atoms with Crippen molar-refractivity contribution in [2.45, 2.75) is 49.7 Å². The first kappa shape index (κ1) is 14.1. The Morgan fingerprint density at radius 1 is 1.12 bits per heavy atom. The van der Waals surface area contributed by atoms with Gasteiger partial charge in [-0.15, -0.1) is 0 Å². The van der Waals surface area contributed by atoms with Gasteiger partial charge in [-0.1, -0.05) is 0 Å². The molecule has 0 aliphatic carbocycles. The first-order valence-electron chi connectivity index (χ1n) is 6.15. The van der Waals surface area contributed by atoms with E-state index < -0.39 is 0 Å². The fourth-order valence-electron chi connectivity index (χ4n) is 1.58. The normalized spacial score (nSPS) is 12.6. The van der Waals surface area contributed by atoms with Crippen LogP contribution in [0.1, 0.15) is 39.0 Å². The van der Waals surface area contributed by atoms with Crippen LogP contribution in [-0.2, 0) is 0 Å². The molecule has 0 aromatic heterocycles. The van der Waals surface area contributed by atoms with Crippen LogP contribution in [0.15, 0.2) is 30.3 Å². The van der Waals surface area contributed by atoms with E-state index in [0.717, 1.165) is 0 Å². The van der Waals surface area contributed by atoms with Gasteiger partial charge in [0.25, 0.3) is 0 Å². The Bertz CT molecular complexity index is 261. The molecule has 0 radical (unpaired) electrons. The fraction of sp³-hybridized carbons (Fsp3) is 0.571. The average molecular weight is 304 g/mol. The number of rotatable bonds is 8. The first-order valence-corrected chi connectivity index (χ1v) is 8.65. The molecule has 2 heteroatoms. The molecule has 0 nitrogen and oxygen atoms in total. The van der Waals surface area contributed by atoms with Crippen molar-refractivity contribution >= 4 is 31.0 Å². The molecule has 0 aliphatic rings. The molecule has 1 unspecified atom stereocenters. The van der Waals surface area contributed by atoms with Gasteiger partial charge in [-0.2, -0.15) is 0 Å². The molecular formula is C14H21ClSe. The van der Waals surface area contributed by atoms with Crippen molar-refractivity contribution in [1.29, 1.82) is 0 Å². The van der Waals surface area contributed by atoms with Crippen molar-refractivity contribution < 1.29 is 0 Å². The van der Waals surface area contributed by atoms with Crippen molar-refractivity contribution in [1.82, 2.24) is 0 Å². The number of benzene rings is 1. The fourth-order valence-corrected chi connectivity index (χ4v) is 3.93. The van der Waals surface area contributed by atoms with Gasteiger partial charge in [0.1, 0.15) is 0 Å². The molecule has 1 atom stereocenters.